The topological polar surface area (TPSA) is 120 Å². The van der Waals surface area contributed by atoms with Crippen LogP contribution in [0.1, 0.15) is 19.3 Å². The average molecular weight is 271 g/mol. The number of aliphatic carboxylic acids is 1. The van der Waals surface area contributed by atoms with Crippen LogP contribution in [0.3, 0.4) is 0 Å². The Labute approximate surface area is 108 Å². The van der Waals surface area contributed by atoms with Gasteiger partial charge in [0, 0.05) is 6.42 Å². The van der Waals surface area contributed by atoms with Crippen molar-refractivity contribution in [2.24, 2.45) is 0 Å². The number of carboxylic acid groups (broad SMARTS) is 1. The first-order chi connectivity index (χ1) is 8.54. The number of carboxylic acids is 1. The molecule has 0 aromatic rings. The third kappa shape index (κ3) is 4.31. The van der Waals surface area contributed by atoms with E-state index in [4.69, 9.17) is 10.6 Å². The van der Waals surface area contributed by atoms with E-state index >= 15 is 0 Å². The minimum absolute atomic E-state index is 0.0245. The first kappa shape index (κ1) is 14.4. The van der Waals surface area contributed by atoms with Gasteiger partial charge in [0.2, 0.25) is 11.7 Å². The van der Waals surface area contributed by atoms with Crippen LogP contribution in [0, 0.1) is 0 Å². The normalized spacial score (nSPS) is 19.0. The smallest absolute Gasteiger partial charge is 0.326 e. The third-order valence-electron chi connectivity index (χ3n) is 2.49. The molecule has 0 aromatic carbocycles. The molecule has 8 heteroatoms. The molecule has 0 spiro atoms. The second-order valence-electron chi connectivity index (χ2n) is 3.80. The molecule has 98 valence electrons. The number of Topliss-reactive ketones (excluding diaryl/α,β-unsaturated/α-hetero) is 1. The Balaban J connectivity index is 2.44. The number of carbonyl (C=O) groups is 3. The number of carbonyl (C=O) groups excluding carboxylic acids is 2. The van der Waals surface area contributed by atoms with Crippen molar-refractivity contribution in [2.45, 2.75) is 30.6 Å². The molecule has 1 fully saturated rings. The van der Waals surface area contributed by atoms with Crippen LogP contribution in [0.25, 0.3) is 5.53 Å². The highest BCUT2D eigenvalue weighted by molar-refractivity contribution is 8.01. The lowest BCUT2D eigenvalue weighted by Crippen LogP contribution is -2.46. The standard InChI is InChI=1S/C10H13N3O4S/c11-12-5-6(14)1-2-7(10(16)17)13-9(15)8-3-4-18-8/h5,7-8H,1-4H2,(H,13,15)(H,16,17)/t7-,8-/m0/s1. The van der Waals surface area contributed by atoms with Crippen molar-refractivity contribution >= 4 is 35.6 Å². The van der Waals surface area contributed by atoms with E-state index in [0.29, 0.717) is 6.21 Å². The molecule has 1 aliphatic rings. The Hall–Kier alpha value is -1.66. The highest BCUT2D eigenvalue weighted by Crippen LogP contribution is 2.27. The Kier molecular flexibility index (Phi) is 5.54. The highest BCUT2D eigenvalue weighted by Gasteiger charge is 2.29. The van der Waals surface area contributed by atoms with Crippen LogP contribution >= 0.6 is 11.8 Å². The highest BCUT2D eigenvalue weighted by atomic mass is 32.2. The van der Waals surface area contributed by atoms with Crippen molar-refractivity contribution in [2.75, 3.05) is 5.75 Å². The van der Waals surface area contributed by atoms with Gasteiger partial charge in [-0.25, -0.2) is 4.79 Å². The van der Waals surface area contributed by atoms with Crippen LogP contribution in [0.2, 0.25) is 0 Å². The summed E-state index contributed by atoms with van der Waals surface area (Å²) in [5.41, 5.74) is 8.13. The van der Waals surface area contributed by atoms with Gasteiger partial charge in [-0.1, -0.05) is 0 Å². The van der Waals surface area contributed by atoms with Gasteiger partial charge in [-0.3, -0.25) is 9.59 Å². The third-order valence-corrected chi connectivity index (χ3v) is 3.81. The molecule has 1 rings (SSSR count). The van der Waals surface area contributed by atoms with Crippen molar-refractivity contribution in [3.63, 3.8) is 0 Å². The predicted octanol–water partition coefficient (Wildman–Crippen LogP) is -0.289. The average Bonchev–Trinajstić information content (AvgIpc) is 2.21. The maximum absolute atomic E-state index is 11.6. The van der Waals surface area contributed by atoms with E-state index in [2.05, 4.69) is 10.1 Å². The molecule has 0 saturated carbocycles. The molecule has 18 heavy (non-hydrogen) atoms. The Morgan fingerprint density at radius 3 is 2.67 bits per heavy atom. The molecule has 0 radical (unpaired) electrons. The van der Waals surface area contributed by atoms with Crippen molar-refractivity contribution < 1.29 is 24.3 Å². The van der Waals surface area contributed by atoms with Gasteiger partial charge in [-0.2, -0.15) is 4.79 Å². The first-order valence-electron chi connectivity index (χ1n) is 5.39. The number of ketones is 1. The molecule has 1 aliphatic heterocycles. The number of nitrogens with one attached hydrogen (secondary N) is 1. The van der Waals surface area contributed by atoms with Gasteiger partial charge >= 0.3 is 12.2 Å². The zero-order valence-corrected chi connectivity index (χ0v) is 10.4. The number of rotatable bonds is 7. The summed E-state index contributed by atoms with van der Waals surface area (Å²) in [5, 5.41) is 11.1. The van der Waals surface area contributed by atoms with Crippen LogP contribution in [-0.4, -0.2) is 50.8 Å². The van der Waals surface area contributed by atoms with Gasteiger partial charge in [0.1, 0.15) is 6.04 Å². The fourth-order valence-electron chi connectivity index (χ4n) is 1.38. The number of hydrogen-bond acceptors (Lipinski definition) is 4. The fraction of sp³-hybridized carbons (Fsp3) is 0.600. The maximum atomic E-state index is 11.6. The largest absolute Gasteiger partial charge is 0.480 e. The zero-order valence-electron chi connectivity index (χ0n) is 9.54. The molecule has 2 atom stereocenters. The minimum Gasteiger partial charge on any atom is -0.480 e. The minimum atomic E-state index is -1.18. The number of thioether (sulfide) groups is 1. The van der Waals surface area contributed by atoms with Gasteiger partial charge in [0.05, 0.1) is 5.25 Å². The first-order valence-corrected chi connectivity index (χ1v) is 6.44. The summed E-state index contributed by atoms with van der Waals surface area (Å²) >= 11 is 1.47. The van der Waals surface area contributed by atoms with Crippen LogP contribution in [0.15, 0.2) is 0 Å². The molecule has 0 aromatic heterocycles. The van der Waals surface area contributed by atoms with Crippen molar-refractivity contribution in [1.29, 1.82) is 0 Å². The van der Waals surface area contributed by atoms with Gasteiger partial charge < -0.3 is 16.0 Å². The summed E-state index contributed by atoms with van der Waals surface area (Å²) < 4.78 is 0. The van der Waals surface area contributed by atoms with Crippen LogP contribution < -0.4 is 5.32 Å². The van der Waals surface area contributed by atoms with Gasteiger partial charge in [0.15, 0.2) is 0 Å². The zero-order chi connectivity index (χ0) is 13.5. The van der Waals surface area contributed by atoms with E-state index in [1.54, 1.807) is 0 Å². The van der Waals surface area contributed by atoms with Gasteiger partial charge in [-0.05, 0) is 18.6 Å². The second-order valence-corrected chi connectivity index (χ2v) is 5.11. The molecule has 7 nitrogen and oxygen atoms in total. The monoisotopic (exact) mass is 271 g/mol. The van der Waals surface area contributed by atoms with E-state index in [0.717, 1.165) is 12.2 Å². The second kappa shape index (κ2) is 6.93. The van der Waals surface area contributed by atoms with Crippen LogP contribution in [0.4, 0.5) is 0 Å². The van der Waals surface area contributed by atoms with E-state index in [1.807, 2.05) is 0 Å². The summed E-state index contributed by atoms with van der Waals surface area (Å²) in [7, 11) is 0. The quantitative estimate of drug-likeness (QED) is 0.374. The summed E-state index contributed by atoms with van der Waals surface area (Å²) in [6.45, 7) is 0. The van der Waals surface area contributed by atoms with E-state index in [1.165, 1.54) is 11.8 Å². The molecule has 1 heterocycles. The molecule has 0 unspecified atom stereocenters. The molecular formula is C10H13N3O4S. The molecule has 2 N–H and O–H groups in total. The van der Waals surface area contributed by atoms with E-state index in [9.17, 15) is 14.4 Å². The summed E-state index contributed by atoms with van der Waals surface area (Å²) in [6, 6.07) is -1.09. The Morgan fingerprint density at radius 1 is 1.56 bits per heavy atom. The number of hydrogen-bond donors (Lipinski definition) is 2. The Bertz CT molecular complexity index is 402. The van der Waals surface area contributed by atoms with Crippen LogP contribution in [0.5, 0.6) is 0 Å². The number of amides is 1. The molecule has 0 aliphatic carbocycles. The maximum Gasteiger partial charge on any atom is 0.326 e. The van der Waals surface area contributed by atoms with E-state index < -0.39 is 17.8 Å². The lowest BCUT2D eigenvalue weighted by atomic mass is 10.1. The SMILES string of the molecule is [N-]=[N+]=CC(=O)CC[C@H](NC(=O)[C@@H]1CCS1)C(=O)O. The molecule has 1 saturated heterocycles. The fourth-order valence-corrected chi connectivity index (χ4v) is 2.07. The molecule has 1 amide bonds. The van der Waals surface area contributed by atoms with Crippen molar-refractivity contribution in [3.05, 3.63) is 5.53 Å². The van der Waals surface area contributed by atoms with Crippen LogP contribution in [-0.2, 0) is 14.4 Å². The predicted molar refractivity (Wildman–Crippen MR) is 64.4 cm³/mol. The van der Waals surface area contributed by atoms with E-state index in [-0.39, 0.29) is 24.0 Å². The van der Waals surface area contributed by atoms with Gasteiger partial charge in [-0.15, -0.1) is 11.8 Å². The summed E-state index contributed by atoms with van der Waals surface area (Å²) in [6.07, 6.45) is 1.34. The summed E-state index contributed by atoms with van der Waals surface area (Å²) in [4.78, 5) is 36.1. The molecule has 0 bridgehead atoms. The van der Waals surface area contributed by atoms with Crippen molar-refractivity contribution in [3.8, 4) is 0 Å². The Morgan fingerprint density at radius 2 is 2.22 bits per heavy atom. The lowest BCUT2D eigenvalue weighted by Gasteiger charge is -2.25. The van der Waals surface area contributed by atoms with Crippen molar-refractivity contribution in [1.82, 2.24) is 5.32 Å². The lowest BCUT2D eigenvalue weighted by molar-refractivity contribution is -0.142. The summed E-state index contributed by atoms with van der Waals surface area (Å²) in [5.74, 6) is -1.07. The molecular weight excluding hydrogens is 258 g/mol. The number of nitrogens with zero attached hydrogens (tertiary/aromatic N) is 2. The van der Waals surface area contributed by atoms with Gasteiger partial charge in [0.25, 0.3) is 0 Å².